The standard InChI is InChI=1S/C17H25NO6.C15H21NO4.C11H17O3P.C9H14O4/c1-3-12(2)13-4-6-15(7-5-13)24-11-14(19)8-18(9-16(20)21)10-17(22)23;1-3-11(2)13-6-4-12(5-7-13)8-16(9-14(17)18)10-15(19)20;1-3-9(2)11-6-4-10(5-7-11)8-15(12,13)14;1-3-6(2)8(10)13-7-4-5-12-9(7)11/h4-7,12,14,19H,3,8-11H2,1-2H3,(H,20,21)(H,22,23);4-7,11H,3,8-10H2,1-2H3,(H,17,18)(H,19,20);4-7,9H,3,8H2,1-2H3,(H2,12,13,14);6-7H,3-5H2,1-2H3. The maximum Gasteiger partial charge on any atom is 0.347 e. The number of nitrogens with zero attached hydrogens (tertiary/aromatic N) is 2. The van der Waals surface area contributed by atoms with Crippen LogP contribution in [-0.2, 0) is 55.5 Å². The largest absolute Gasteiger partial charge is 0.491 e. The summed E-state index contributed by atoms with van der Waals surface area (Å²) >= 11 is 0. The van der Waals surface area contributed by atoms with Crippen molar-refractivity contribution >= 4 is 43.4 Å². The highest BCUT2D eigenvalue weighted by atomic mass is 31.2. The molecule has 1 aliphatic rings. The lowest BCUT2D eigenvalue weighted by Crippen LogP contribution is -2.41. The Hall–Kier alpha value is -5.69. The molecule has 402 valence electrons. The molecule has 3 aromatic rings. The van der Waals surface area contributed by atoms with E-state index in [0.29, 0.717) is 48.6 Å². The molecule has 4 rings (SSSR count). The van der Waals surface area contributed by atoms with Crippen molar-refractivity contribution in [2.45, 2.75) is 130 Å². The van der Waals surface area contributed by atoms with Crippen LogP contribution in [-0.4, -0.2) is 139 Å². The van der Waals surface area contributed by atoms with E-state index in [1.54, 1.807) is 19.1 Å². The van der Waals surface area contributed by atoms with Gasteiger partial charge in [-0.3, -0.25) is 38.3 Å². The molecular formula is C52H77N2O17P. The summed E-state index contributed by atoms with van der Waals surface area (Å²) in [4.78, 5) is 85.2. The van der Waals surface area contributed by atoms with Gasteiger partial charge in [-0.2, -0.15) is 0 Å². The van der Waals surface area contributed by atoms with E-state index in [-0.39, 0.29) is 44.3 Å². The van der Waals surface area contributed by atoms with Gasteiger partial charge in [-0.25, -0.2) is 4.79 Å². The number of carbonyl (C=O) groups excluding carboxylic acids is 2. The normalized spacial score (nSPS) is 15.1. The lowest BCUT2D eigenvalue weighted by atomic mass is 9.97. The van der Waals surface area contributed by atoms with Crippen LogP contribution in [0.2, 0.25) is 0 Å². The second-order valence-corrected chi connectivity index (χ2v) is 19.5. The minimum Gasteiger partial charge on any atom is -0.491 e. The van der Waals surface area contributed by atoms with E-state index in [9.17, 15) is 38.4 Å². The summed E-state index contributed by atoms with van der Waals surface area (Å²) in [6, 6.07) is 22.9. The van der Waals surface area contributed by atoms with Gasteiger partial charge in [-0.15, -0.1) is 0 Å². The average molecular weight is 1030 g/mol. The van der Waals surface area contributed by atoms with Gasteiger partial charge >= 0.3 is 43.4 Å². The third-order valence-corrected chi connectivity index (χ3v) is 12.5. The van der Waals surface area contributed by atoms with Crippen molar-refractivity contribution in [2.24, 2.45) is 5.92 Å². The molecule has 0 spiro atoms. The van der Waals surface area contributed by atoms with E-state index in [4.69, 9.17) is 39.7 Å². The summed E-state index contributed by atoms with van der Waals surface area (Å²) < 4.78 is 25.9. The van der Waals surface area contributed by atoms with Gasteiger partial charge in [0.1, 0.15) is 18.5 Å². The number of cyclic esters (lactones) is 1. The number of ether oxygens (including phenoxy) is 3. The van der Waals surface area contributed by atoms with Crippen LogP contribution in [0, 0.1) is 5.92 Å². The predicted octanol–water partition coefficient (Wildman–Crippen LogP) is 7.35. The van der Waals surface area contributed by atoms with Crippen LogP contribution in [0.15, 0.2) is 72.8 Å². The molecule has 6 unspecified atom stereocenters. The number of hydrogen-bond donors (Lipinski definition) is 7. The molecule has 1 fully saturated rings. The first-order valence-corrected chi connectivity index (χ1v) is 25.9. The Labute approximate surface area is 423 Å². The van der Waals surface area contributed by atoms with Crippen molar-refractivity contribution in [3.8, 4) is 5.75 Å². The topological polar surface area (TPSA) is 295 Å². The van der Waals surface area contributed by atoms with Gasteiger partial charge in [-0.1, -0.05) is 116 Å². The third kappa shape index (κ3) is 27.8. The Bertz CT molecular complexity index is 2120. The van der Waals surface area contributed by atoms with Crippen molar-refractivity contribution in [3.63, 3.8) is 0 Å². The maximum atomic E-state index is 11.2. The zero-order valence-corrected chi connectivity index (χ0v) is 43.7. The summed E-state index contributed by atoms with van der Waals surface area (Å²) in [5, 5.41) is 45.0. The van der Waals surface area contributed by atoms with Gasteiger partial charge in [0.05, 0.1) is 44.9 Å². The molecule has 3 aromatic carbocycles. The Balaban J connectivity index is 0.000000493. The number of carboxylic acids is 4. The Morgan fingerprint density at radius 2 is 1.04 bits per heavy atom. The van der Waals surface area contributed by atoms with Gasteiger partial charge in [0.2, 0.25) is 6.10 Å². The summed E-state index contributed by atoms with van der Waals surface area (Å²) in [5.74, 6) is -3.18. The molecule has 19 nitrogen and oxygen atoms in total. The predicted molar refractivity (Wildman–Crippen MR) is 270 cm³/mol. The number of carboxylic acid groups (broad SMARTS) is 4. The molecule has 0 amide bonds. The van der Waals surface area contributed by atoms with Crippen molar-refractivity contribution in [2.75, 3.05) is 45.9 Å². The highest BCUT2D eigenvalue weighted by Gasteiger charge is 2.31. The van der Waals surface area contributed by atoms with E-state index < -0.39 is 62.7 Å². The van der Waals surface area contributed by atoms with Crippen LogP contribution in [0.3, 0.4) is 0 Å². The highest BCUT2D eigenvalue weighted by molar-refractivity contribution is 7.50. The van der Waals surface area contributed by atoms with Gasteiger partial charge in [0.25, 0.3) is 0 Å². The number of carbonyl (C=O) groups is 6. The van der Waals surface area contributed by atoms with Gasteiger partial charge in [0, 0.05) is 19.5 Å². The second-order valence-electron chi connectivity index (χ2n) is 17.8. The summed E-state index contributed by atoms with van der Waals surface area (Å²) in [7, 11) is -3.93. The molecule has 72 heavy (non-hydrogen) atoms. The molecular weight excluding hydrogens is 956 g/mol. The van der Waals surface area contributed by atoms with E-state index >= 15 is 0 Å². The first-order valence-electron chi connectivity index (χ1n) is 24.1. The Kier molecular flexibility index (Phi) is 30.3. The van der Waals surface area contributed by atoms with Crippen molar-refractivity contribution in [3.05, 3.63) is 101 Å². The fourth-order valence-electron chi connectivity index (χ4n) is 6.67. The number of hydrogen-bond acceptors (Lipinski definition) is 13. The molecule has 6 atom stereocenters. The van der Waals surface area contributed by atoms with Crippen molar-refractivity contribution in [1.29, 1.82) is 0 Å². The third-order valence-electron chi connectivity index (χ3n) is 11.7. The number of aliphatic carboxylic acids is 4. The van der Waals surface area contributed by atoms with Gasteiger partial charge < -0.3 is 49.5 Å². The maximum absolute atomic E-state index is 11.2. The molecule has 7 N–H and O–H groups in total. The monoisotopic (exact) mass is 1030 g/mol. The van der Waals surface area contributed by atoms with Crippen LogP contribution in [0.1, 0.15) is 133 Å². The van der Waals surface area contributed by atoms with E-state index in [1.165, 1.54) is 21.6 Å². The fourth-order valence-corrected chi connectivity index (χ4v) is 7.35. The molecule has 1 heterocycles. The minimum absolute atomic E-state index is 0.0432. The molecule has 0 bridgehead atoms. The lowest BCUT2D eigenvalue weighted by Gasteiger charge is -2.21. The number of esters is 2. The molecule has 0 saturated carbocycles. The van der Waals surface area contributed by atoms with E-state index in [0.717, 1.165) is 36.1 Å². The lowest BCUT2D eigenvalue weighted by molar-refractivity contribution is -0.163. The van der Waals surface area contributed by atoms with E-state index in [2.05, 4.69) is 46.3 Å². The van der Waals surface area contributed by atoms with Gasteiger partial charge in [-0.05, 0) is 83.4 Å². The number of aliphatic hydroxyl groups excluding tert-OH is 1. The number of aliphatic hydroxyl groups is 1. The van der Waals surface area contributed by atoms with Crippen LogP contribution in [0.25, 0.3) is 0 Å². The summed E-state index contributed by atoms with van der Waals surface area (Å²) in [5.41, 5.74) is 5.26. The first kappa shape index (κ1) is 64.3. The molecule has 0 radical (unpaired) electrons. The SMILES string of the molecule is CCC(C)C(=O)OC1CCOC1=O.CCC(C)c1ccc(CN(CC(=O)O)CC(=O)O)cc1.CCC(C)c1ccc(CP(=O)(O)O)cc1.CCC(C)c1ccc(OCC(O)CN(CC(=O)O)CC(=O)O)cc1. The van der Waals surface area contributed by atoms with E-state index in [1.807, 2.05) is 67.6 Å². The quantitative estimate of drug-likeness (QED) is 0.0305. The van der Waals surface area contributed by atoms with Crippen LogP contribution in [0.5, 0.6) is 5.75 Å². The van der Waals surface area contributed by atoms with Crippen LogP contribution in [0.4, 0.5) is 0 Å². The van der Waals surface area contributed by atoms with Crippen LogP contribution >= 0.6 is 7.60 Å². The zero-order chi connectivity index (χ0) is 54.6. The molecule has 1 aliphatic heterocycles. The highest BCUT2D eigenvalue weighted by Crippen LogP contribution is 2.39. The van der Waals surface area contributed by atoms with Gasteiger partial charge in [0.15, 0.2) is 0 Å². The Morgan fingerprint density at radius 3 is 1.40 bits per heavy atom. The first-order chi connectivity index (χ1) is 33.8. The smallest absolute Gasteiger partial charge is 0.347 e. The number of rotatable bonds is 26. The zero-order valence-electron chi connectivity index (χ0n) is 42.8. The molecule has 1 saturated heterocycles. The Morgan fingerprint density at radius 1 is 0.639 bits per heavy atom. The van der Waals surface area contributed by atoms with Crippen LogP contribution < -0.4 is 4.74 Å². The summed E-state index contributed by atoms with van der Waals surface area (Å²) in [6.07, 6.45) is 2.55. The molecule has 0 aromatic heterocycles. The number of benzene rings is 3. The average Bonchev–Trinajstić information content (AvgIpc) is 3.72. The second kappa shape index (κ2) is 33.9. The van der Waals surface area contributed by atoms with Crippen molar-refractivity contribution < 1.29 is 82.9 Å². The fraction of sp³-hybridized carbons (Fsp3) is 0.538. The summed E-state index contributed by atoms with van der Waals surface area (Å²) in [6.45, 7) is 15.5. The van der Waals surface area contributed by atoms with Crippen molar-refractivity contribution in [1.82, 2.24) is 9.80 Å². The minimum atomic E-state index is -3.93. The molecule has 20 heteroatoms. The molecule has 0 aliphatic carbocycles.